The van der Waals surface area contributed by atoms with E-state index in [0.717, 1.165) is 5.56 Å². The van der Waals surface area contributed by atoms with Crippen molar-refractivity contribution in [2.75, 3.05) is 27.3 Å². The van der Waals surface area contributed by atoms with Crippen LogP contribution in [0.2, 0.25) is 0 Å². The van der Waals surface area contributed by atoms with E-state index >= 15 is 0 Å². The lowest BCUT2D eigenvalue weighted by atomic mass is 9.95. The summed E-state index contributed by atoms with van der Waals surface area (Å²) in [5, 5.41) is 5.92. The van der Waals surface area contributed by atoms with Gasteiger partial charge in [0.25, 0.3) is 0 Å². The molecule has 3 amide bonds. The molecular weight excluding hydrogens is 386 g/mol. The molecule has 2 heterocycles. The first-order chi connectivity index (χ1) is 14.5. The summed E-state index contributed by atoms with van der Waals surface area (Å²) < 4.78 is 15.9. The van der Waals surface area contributed by atoms with Crippen molar-refractivity contribution in [3.05, 3.63) is 47.9 Å². The van der Waals surface area contributed by atoms with E-state index in [2.05, 4.69) is 10.6 Å². The van der Waals surface area contributed by atoms with Crippen LogP contribution in [0.5, 0.6) is 11.5 Å². The maximum Gasteiger partial charge on any atom is 0.317 e. The number of benzene rings is 1. The second kappa shape index (κ2) is 10.0. The van der Waals surface area contributed by atoms with Crippen LogP contribution in [-0.4, -0.2) is 44.1 Å². The maximum absolute atomic E-state index is 12.8. The van der Waals surface area contributed by atoms with Gasteiger partial charge in [0.05, 0.1) is 33.1 Å². The third-order valence-electron chi connectivity index (χ3n) is 5.41. The van der Waals surface area contributed by atoms with E-state index in [1.165, 1.54) is 0 Å². The average molecular weight is 415 g/mol. The van der Waals surface area contributed by atoms with Crippen LogP contribution in [-0.2, 0) is 11.3 Å². The highest BCUT2D eigenvalue weighted by molar-refractivity contribution is 5.80. The summed E-state index contributed by atoms with van der Waals surface area (Å²) in [5.41, 5.74) is 0.861. The number of amides is 3. The van der Waals surface area contributed by atoms with Crippen molar-refractivity contribution < 1.29 is 23.5 Å². The number of methoxy groups -OCH3 is 2. The predicted molar refractivity (Wildman–Crippen MR) is 111 cm³/mol. The van der Waals surface area contributed by atoms with Gasteiger partial charge in [0.2, 0.25) is 5.91 Å². The Bertz CT molecular complexity index is 844. The number of piperidine rings is 1. The second-order valence-electron chi connectivity index (χ2n) is 7.34. The molecule has 1 aromatic carbocycles. The van der Waals surface area contributed by atoms with E-state index in [4.69, 9.17) is 13.9 Å². The minimum atomic E-state index is -0.225. The molecule has 1 aliphatic rings. The number of hydrogen-bond donors (Lipinski definition) is 2. The quantitative estimate of drug-likeness (QED) is 0.725. The molecule has 2 aromatic rings. The Morgan fingerprint density at radius 2 is 1.97 bits per heavy atom. The Morgan fingerprint density at radius 3 is 2.60 bits per heavy atom. The highest BCUT2D eigenvalue weighted by Crippen LogP contribution is 2.30. The third kappa shape index (κ3) is 5.25. The zero-order chi connectivity index (χ0) is 21.5. The highest BCUT2D eigenvalue weighted by Gasteiger charge is 2.28. The number of urea groups is 1. The number of nitrogens with zero attached hydrogens (tertiary/aromatic N) is 1. The second-order valence-corrected chi connectivity index (χ2v) is 7.34. The third-order valence-corrected chi connectivity index (χ3v) is 5.41. The van der Waals surface area contributed by atoms with E-state index in [9.17, 15) is 9.59 Å². The molecule has 1 saturated heterocycles. The SMILES string of the molecule is COc1ccc(OC)c([C@@H](C)NC(=O)C2CCN(C(=O)NCc3ccco3)CC2)c1. The number of carbonyl (C=O) groups is 2. The van der Waals surface area contributed by atoms with Crippen molar-refractivity contribution in [2.45, 2.75) is 32.4 Å². The van der Waals surface area contributed by atoms with Gasteiger partial charge in [0.1, 0.15) is 17.3 Å². The van der Waals surface area contributed by atoms with Gasteiger partial charge in [-0.1, -0.05) is 0 Å². The van der Waals surface area contributed by atoms with Crippen LogP contribution in [0.25, 0.3) is 0 Å². The molecule has 30 heavy (non-hydrogen) atoms. The number of hydrogen-bond acceptors (Lipinski definition) is 5. The van der Waals surface area contributed by atoms with Gasteiger partial charge >= 0.3 is 6.03 Å². The molecule has 0 aliphatic carbocycles. The number of likely N-dealkylation sites (tertiary alicyclic amines) is 1. The van der Waals surface area contributed by atoms with Crippen molar-refractivity contribution >= 4 is 11.9 Å². The Morgan fingerprint density at radius 1 is 1.20 bits per heavy atom. The van der Waals surface area contributed by atoms with E-state index in [0.29, 0.717) is 49.7 Å². The Balaban J connectivity index is 1.50. The highest BCUT2D eigenvalue weighted by atomic mass is 16.5. The van der Waals surface area contributed by atoms with E-state index in [1.807, 2.05) is 31.2 Å². The van der Waals surface area contributed by atoms with Crippen LogP contribution in [0.4, 0.5) is 4.79 Å². The summed E-state index contributed by atoms with van der Waals surface area (Å²) in [7, 11) is 3.21. The van der Waals surface area contributed by atoms with Gasteiger partial charge in [0.15, 0.2) is 0 Å². The molecule has 1 atom stereocenters. The Kier molecular flexibility index (Phi) is 7.21. The van der Waals surface area contributed by atoms with Crippen molar-refractivity contribution in [1.29, 1.82) is 0 Å². The minimum Gasteiger partial charge on any atom is -0.497 e. The summed E-state index contributed by atoms with van der Waals surface area (Å²) in [6.45, 7) is 3.36. The molecule has 1 aliphatic heterocycles. The fraction of sp³-hybridized carbons (Fsp3) is 0.455. The molecule has 0 unspecified atom stereocenters. The molecule has 0 saturated carbocycles. The van der Waals surface area contributed by atoms with E-state index < -0.39 is 0 Å². The zero-order valence-corrected chi connectivity index (χ0v) is 17.6. The normalized spacial score (nSPS) is 15.4. The van der Waals surface area contributed by atoms with Crippen LogP contribution in [0.1, 0.15) is 37.1 Å². The van der Waals surface area contributed by atoms with Crippen molar-refractivity contribution in [3.63, 3.8) is 0 Å². The topological polar surface area (TPSA) is 93.0 Å². The molecule has 1 aromatic heterocycles. The molecule has 162 valence electrons. The molecular formula is C22H29N3O5. The van der Waals surface area contributed by atoms with Gasteiger partial charge < -0.3 is 29.4 Å². The number of nitrogens with one attached hydrogen (secondary N) is 2. The summed E-state index contributed by atoms with van der Waals surface area (Å²) >= 11 is 0. The summed E-state index contributed by atoms with van der Waals surface area (Å²) in [4.78, 5) is 26.8. The van der Waals surface area contributed by atoms with Gasteiger partial charge in [-0.2, -0.15) is 0 Å². The first-order valence-corrected chi connectivity index (χ1v) is 10.1. The molecule has 1 fully saturated rings. The molecule has 8 heteroatoms. The fourth-order valence-corrected chi connectivity index (χ4v) is 3.62. The lowest BCUT2D eigenvalue weighted by Crippen LogP contribution is -2.46. The van der Waals surface area contributed by atoms with Crippen LogP contribution >= 0.6 is 0 Å². The van der Waals surface area contributed by atoms with Gasteiger partial charge in [-0.05, 0) is 50.1 Å². The Hall–Kier alpha value is -3.16. The molecule has 0 radical (unpaired) electrons. The number of ether oxygens (including phenoxy) is 2. The van der Waals surface area contributed by atoms with Crippen LogP contribution in [0.15, 0.2) is 41.0 Å². The Labute approximate surface area is 176 Å². The first kappa shape index (κ1) is 21.5. The lowest BCUT2D eigenvalue weighted by molar-refractivity contribution is -0.126. The molecule has 0 bridgehead atoms. The maximum atomic E-state index is 12.8. The zero-order valence-electron chi connectivity index (χ0n) is 17.6. The van der Waals surface area contributed by atoms with E-state index in [1.54, 1.807) is 31.4 Å². The van der Waals surface area contributed by atoms with E-state index in [-0.39, 0.29) is 23.9 Å². The largest absolute Gasteiger partial charge is 0.497 e. The van der Waals surface area contributed by atoms with Gasteiger partial charge in [-0.3, -0.25) is 4.79 Å². The smallest absolute Gasteiger partial charge is 0.317 e. The summed E-state index contributed by atoms with van der Waals surface area (Å²) in [6.07, 6.45) is 2.83. The lowest BCUT2D eigenvalue weighted by Gasteiger charge is -2.32. The van der Waals surface area contributed by atoms with Crippen molar-refractivity contribution in [1.82, 2.24) is 15.5 Å². The standard InChI is InChI=1S/C22H29N3O5/c1-15(19-13-17(28-2)6-7-20(19)29-3)24-21(26)16-8-10-25(11-9-16)22(27)23-14-18-5-4-12-30-18/h4-7,12-13,15-16H,8-11,14H2,1-3H3,(H,23,27)(H,24,26)/t15-/m1/s1. The number of rotatable bonds is 7. The fourth-order valence-electron chi connectivity index (χ4n) is 3.62. The molecule has 3 rings (SSSR count). The molecule has 8 nitrogen and oxygen atoms in total. The molecule has 0 spiro atoms. The van der Waals surface area contributed by atoms with Crippen molar-refractivity contribution in [2.24, 2.45) is 5.92 Å². The monoisotopic (exact) mass is 415 g/mol. The average Bonchev–Trinajstić information content (AvgIpc) is 3.30. The molecule has 2 N–H and O–H groups in total. The van der Waals surface area contributed by atoms with Crippen molar-refractivity contribution in [3.8, 4) is 11.5 Å². The number of furan rings is 1. The van der Waals surface area contributed by atoms with Crippen LogP contribution < -0.4 is 20.1 Å². The van der Waals surface area contributed by atoms with Crippen LogP contribution in [0.3, 0.4) is 0 Å². The van der Waals surface area contributed by atoms with Gasteiger partial charge in [0, 0.05) is 24.6 Å². The number of carbonyl (C=O) groups excluding carboxylic acids is 2. The first-order valence-electron chi connectivity index (χ1n) is 10.1. The summed E-state index contributed by atoms with van der Waals surface area (Å²) in [6, 6.07) is 8.76. The minimum absolute atomic E-state index is 0.0111. The van der Waals surface area contributed by atoms with Gasteiger partial charge in [-0.25, -0.2) is 4.79 Å². The van der Waals surface area contributed by atoms with Crippen LogP contribution in [0, 0.1) is 5.92 Å². The van der Waals surface area contributed by atoms with Gasteiger partial charge in [-0.15, -0.1) is 0 Å². The predicted octanol–water partition coefficient (Wildman–Crippen LogP) is 3.10. The summed E-state index contributed by atoms with van der Waals surface area (Å²) in [5.74, 6) is 1.98.